The third kappa shape index (κ3) is 3.77. The molecule has 0 spiro atoms. The lowest BCUT2D eigenvalue weighted by atomic mass is 10.1. The molecule has 3 N–H and O–H groups in total. The Kier molecular flexibility index (Phi) is 4.88. The fraction of sp³-hybridized carbons (Fsp3) is 0.133. The SMILES string of the molecule is C=CCN(Cc1ccc(Cl)s1)C(=O)c1cc(O)ccc1N. The molecule has 2 aromatic rings. The molecule has 0 saturated carbocycles. The van der Waals surface area contributed by atoms with Crippen LogP contribution in [0.15, 0.2) is 43.0 Å². The Hall–Kier alpha value is -1.98. The molecule has 21 heavy (non-hydrogen) atoms. The van der Waals surface area contributed by atoms with E-state index in [0.29, 0.717) is 23.1 Å². The Morgan fingerprint density at radius 2 is 2.19 bits per heavy atom. The number of carbonyl (C=O) groups excluding carboxylic acids is 1. The Morgan fingerprint density at radius 3 is 2.81 bits per heavy atom. The van der Waals surface area contributed by atoms with Gasteiger partial charge in [0.15, 0.2) is 0 Å². The molecule has 1 amide bonds. The first-order valence-electron chi connectivity index (χ1n) is 6.24. The van der Waals surface area contributed by atoms with Crippen molar-refractivity contribution in [3.63, 3.8) is 0 Å². The number of rotatable bonds is 5. The van der Waals surface area contributed by atoms with E-state index < -0.39 is 0 Å². The number of thiophene rings is 1. The minimum absolute atomic E-state index is 0.00488. The number of aromatic hydroxyl groups is 1. The van der Waals surface area contributed by atoms with Gasteiger partial charge in [-0.1, -0.05) is 17.7 Å². The van der Waals surface area contributed by atoms with Gasteiger partial charge in [-0.15, -0.1) is 17.9 Å². The Bertz CT molecular complexity index is 669. The van der Waals surface area contributed by atoms with Crippen molar-refractivity contribution in [1.82, 2.24) is 4.90 Å². The molecule has 0 aliphatic carbocycles. The highest BCUT2D eigenvalue weighted by Gasteiger charge is 2.18. The van der Waals surface area contributed by atoms with Gasteiger partial charge < -0.3 is 15.7 Å². The topological polar surface area (TPSA) is 66.6 Å². The first-order valence-corrected chi connectivity index (χ1v) is 7.43. The predicted octanol–water partition coefficient (Wildman–Crippen LogP) is 3.52. The summed E-state index contributed by atoms with van der Waals surface area (Å²) in [5.41, 5.74) is 6.43. The number of amides is 1. The van der Waals surface area contributed by atoms with E-state index in [1.54, 1.807) is 17.0 Å². The molecule has 1 aromatic heterocycles. The molecule has 0 saturated heterocycles. The minimum Gasteiger partial charge on any atom is -0.508 e. The second kappa shape index (κ2) is 6.65. The van der Waals surface area contributed by atoms with Crippen molar-refractivity contribution in [3.8, 4) is 5.75 Å². The van der Waals surface area contributed by atoms with Crippen LogP contribution in [0.5, 0.6) is 5.75 Å². The summed E-state index contributed by atoms with van der Waals surface area (Å²) in [6.07, 6.45) is 1.64. The highest BCUT2D eigenvalue weighted by atomic mass is 35.5. The summed E-state index contributed by atoms with van der Waals surface area (Å²) in [4.78, 5) is 15.1. The van der Waals surface area contributed by atoms with E-state index >= 15 is 0 Å². The van der Waals surface area contributed by atoms with Crippen molar-refractivity contribution >= 4 is 34.5 Å². The average molecular weight is 323 g/mol. The second-order valence-corrected chi connectivity index (χ2v) is 6.25. The summed E-state index contributed by atoms with van der Waals surface area (Å²) in [7, 11) is 0. The van der Waals surface area contributed by atoms with Crippen molar-refractivity contribution in [2.75, 3.05) is 12.3 Å². The number of nitrogens with zero attached hydrogens (tertiary/aromatic N) is 1. The van der Waals surface area contributed by atoms with Crippen molar-refractivity contribution in [2.24, 2.45) is 0 Å². The molecule has 0 fully saturated rings. The van der Waals surface area contributed by atoms with Crippen LogP contribution in [0.2, 0.25) is 4.34 Å². The van der Waals surface area contributed by atoms with Crippen LogP contribution in [-0.4, -0.2) is 22.5 Å². The van der Waals surface area contributed by atoms with Crippen LogP contribution in [0.25, 0.3) is 0 Å². The van der Waals surface area contributed by atoms with E-state index in [0.717, 1.165) is 4.88 Å². The molecule has 6 heteroatoms. The molecular formula is C15H15ClN2O2S. The maximum absolute atomic E-state index is 12.6. The summed E-state index contributed by atoms with van der Waals surface area (Å²) >= 11 is 7.32. The van der Waals surface area contributed by atoms with Gasteiger partial charge in [-0.25, -0.2) is 0 Å². The number of phenols is 1. The van der Waals surface area contributed by atoms with Crippen LogP contribution in [0.1, 0.15) is 15.2 Å². The maximum atomic E-state index is 12.6. The largest absolute Gasteiger partial charge is 0.508 e. The number of anilines is 1. The molecule has 0 bridgehead atoms. The molecule has 0 radical (unpaired) electrons. The second-order valence-electron chi connectivity index (χ2n) is 4.45. The molecule has 0 aliphatic rings. The van der Waals surface area contributed by atoms with Crippen LogP contribution in [0.4, 0.5) is 5.69 Å². The van der Waals surface area contributed by atoms with Crippen LogP contribution < -0.4 is 5.73 Å². The zero-order chi connectivity index (χ0) is 15.4. The van der Waals surface area contributed by atoms with E-state index in [2.05, 4.69) is 6.58 Å². The van der Waals surface area contributed by atoms with Gasteiger partial charge in [0.25, 0.3) is 5.91 Å². The lowest BCUT2D eigenvalue weighted by Crippen LogP contribution is -2.31. The van der Waals surface area contributed by atoms with Gasteiger partial charge >= 0.3 is 0 Å². The quantitative estimate of drug-likeness (QED) is 0.503. The molecule has 0 aliphatic heterocycles. The number of nitrogen functional groups attached to an aromatic ring is 1. The van der Waals surface area contributed by atoms with E-state index in [1.165, 1.54) is 29.5 Å². The van der Waals surface area contributed by atoms with E-state index in [1.807, 2.05) is 6.07 Å². The standard InChI is InChI=1S/C15H15ClN2O2S/c1-2-7-18(9-11-4-6-14(16)21-11)15(20)12-8-10(19)3-5-13(12)17/h2-6,8,19H,1,7,9,17H2. The van der Waals surface area contributed by atoms with Gasteiger partial charge in [0.2, 0.25) is 0 Å². The maximum Gasteiger partial charge on any atom is 0.256 e. The molecule has 1 heterocycles. The third-order valence-corrected chi connectivity index (χ3v) is 4.10. The number of hydrogen-bond acceptors (Lipinski definition) is 4. The summed E-state index contributed by atoms with van der Waals surface area (Å²) in [5.74, 6) is -0.252. The Labute approximate surface area is 132 Å². The molecule has 0 atom stereocenters. The van der Waals surface area contributed by atoms with Crippen molar-refractivity contribution in [3.05, 3.63) is 57.8 Å². The zero-order valence-electron chi connectivity index (χ0n) is 11.3. The lowest BCUT2D eigenvalue weighted by Gasteiger charge is -2.21. The van der Waals surface area contributed by atoms with E-state index in [4.69, 9.17) is 17.3 Å². The first-order chi connectivity index (χ1) is 10.0. The number of nitrogens with two attached hydrogens (primary N) is 1. The molecule has 1 aromatic carbocycles. The third-order valence-electron chi connectivity index (χ3n) is 2.88. The minimum atomic E-state index is -0.257. The van der Waals surface area contributed by atoms with E-state index in [9.17, 15) is 9.90 Å². The highest BCUT2D eigenvalue weighted by Crippen LogP contribution is 2.25. The van der Waals surface area contributed by atoms with Gasteiger partial charge in [-0.2, -0.15) is 0 Å². The number of carbonyl (C=O) groups is 1. The van der Waals surface area contributed by atoms with Crippen molar-refractivity contribution in [2.45, 2.75) is 6.54 Å². The number of hydrogen-bond donors (Lipinski definition) is 2. The zero-order valence-corrected chi connectivity index (χ0v) is 12.8. The number of halogens is 1. The lowest BCUT2D eigenvalue weighted by molar-refractivity contribution is 0.0765. The van der Waals surface area contributed by atoms with Crippen LogP contribution in [0.3, 0.4) is 0 Å². The smallest absolute Gasteiger partial charge is 0.256 e. The summed E-state index contributed by atoms with van der Waals surface area (Å²) in [6.45, 7) is 4.46. The van der Waals surface area contributed by atoms with Crippen LogP contribution in [0, 0.1) is 0 Å². The van der Waals surface area contributed by atoms with Gasteiger partial charge in [0.05, 0.1) is 16.4 Å². The molecular weight excluding hydrogens is 308 g/mol. The molecule has 0 unspecified atom stereocenters. The van der Waals surface area contributed by atoms with Gasteiger partial charge in [-0.3, -0.25) is 4.79 Å². The van der Waals surface area contributed by atoms with Crippen molar-refractivity contribution in [1.29, 1.82) is 0 Å². The van der Waals surface area contributed by atoms with Crippen molar-refractivity contribution < 1.29 is 9.90 Å². The predicted molar refractivity (Wildman–Crippen MR) is 86.8 cm³/mol. The summed E-state index contributed by atoms with van der Waals surface area (Å²) < 4.78 is 0.674. The molecule has 110 valence electrons. The first kappa shape index (κ1) is 15.4. The van der Waals surface area contributed by atoms with E-state index in [-0.39, 0.29) is 17.2 Å². The Morgan fingerprint density at radius 1 is 1.43 bits per heavy atom. The fourth-order valence-electron chi connectivity index (χ4n) is 1.90. The summed E-state index contributed by atoms with van der Waals surface area (Å²) in [5, 5.41) is 9.53. The summed E-state index contributed by atoms with van der Waals surface area (Å²) in [6, 6.07) is 8.00. The van der Waals surface area contributed by atoms with Crippen LogP contribution in [-0.2, 0) is 6.54 Å². The molecule has 4 nitrogen and oxygen atoms in total. The Balaban J connectivity index is 2.26. The monoisotopic (exact) mass is 322 g/mol. The highest BCUT2D eigenvalue weighted by molar-refractivity contribution is 7.16. The average Bonchev–Trinajstić information content (AvgIpc) is 2.86. The van der Waals surface area contributed by atoms with Gasteiger partial charge in [-0.05, 0) is 30.3 Å². The van der Waals surface area contributed by atoms with Gasteiger partial charge in [0, 0.05) is 17.1 Å². The van der Waals surface area contributed by atoms with Gasteiger partial charge in [0.1, 0.15) is 5.75 Å². The number of benzene rings is 1. The van der Waals surface area contributed by atoms with Crippen LogP contribution >= 0.6 is 22.9 Å². The normalized spacial score (nSPS) is 10.3. The molecule has 2 rings (SSSR count). The number of phenolic OH excluding ortho intramolecular Hbond substituents is 1. The fourth-order valence-corrected chi connectivity index (χ4v) is 3.00.